The number of carbonyl (C=O) groups is 4. The van der Waals surface area contributed by atoms with Crippen LogP contribution in [0.4, 0.5) is 0 Å². The van der Waals surface area contributed by atoms with Gasteiger partial charge in [0, 0.05) is 27.2 Å². The van der Waals surface area contributed by atoms with Crippen molar-refractivity contribution in [1.29, 1.82) is 0 Å². The summed E-state index contributed by atoms with van der Waals surface area (Å²) in [6.45, 7) is -3.03. The van der Waals surface area contributed by atoms with Crippen LogP contribution in [0.2, 0.25) is 0 Å². The first-order valence-electron chi connectivity index (χ1n) is 25.7. The molecule has 474 valence electrons. The van der Waals surface area contributed by atoms with Crippen LogP contribution in [0.15, 0.2) is 0 Å². The standard InChI is InChI=1S/C45H75N3O34/c1-11(54)46-21-14(57)4-45(44(70)71,81-36(21)24(59)15(58)5-49)82-37-27(62)17(7-51)75-43(33(37)68)79-35-19(9-53)77-41(23(29(35)64)48-13(3)56)80-38-31(66)26(61)20(73-39(38)69)10-72-40-22(47-12(2)55)28(63)34(18(8-52)76-40)78-42-32(67)30(65)25(60)16(6-50)74-42/h14-43,49-53,57-69H,4-10H2,1-3H3,(H,46,54)(H,47,55)(H,48,56)(H,70,71)/t14-,15+,16+,17+,18+,19+,20+,21+,22+,23+,24+,25-,26+,27-,28+,29+,30-,31-,32+,33+,34+,35+,36+,37-,38-,39+,40+,41-,42-,43-,45-/m0/s1. The van der Waals surface area contributed by atoms with E-state index in [4.69, 9.17) is 52.1 Å². The first-order valence-corrected chi connectivity index (χ1v) is 25.7. The molecule has 6 aliphatic rings. The van der Waals surface area contributed by atoms with Gasteiger partial charge in [-0.15, -0.1) is 0 Å². The van der Waals surface area contributed by atoms with E-state index in [1.807, 2.05) is 0 Å². The molecule has 6 rings (SSSR count). The summed E-state index contributed by atoms with van der Waals surface area (Å²) in [5.74, 6) is -7.78. The summed E-state index contributed by atoms with van der Waals surface area (Å²) in [4.78, 5) is 49.9. The number of carbonyl (C=O) groups excluding carboxylic acids is 3. The van der Waals surface area contributed by atoms with E-state index in [2.05, 4.69) is 16.0 Å². The molecular formula is C45H75N3O34. The minimum atomic E-state index is -3.19. The van der Waals surface area contributed by atoms with Gasteiger partial charge in [0.05, 0.1) is 51.8 Å². The molecule has 0 saturated carbocycles. The summed E-state index contributed by atoms with van der Waals surface area (Å²) in [5, 5.41) is 211. The summed E-state index contributed by atoms with van der Waals surface area (Å²) < 4.78 is 62.3. The number of rotatable bonds is 22. The van der Waals surface area contributed by atoms with E-state index in [9.17, 15) is 116 Å². The van der Waals surface area contributed by atoms with Gasteiger partial charge in [0.2, 0.25) is 17.7 Å². The van der Waals surface area contributed by atoms with Gasteiger partial charge in [-0.25, -0.2) is 4.79 Å². The monoisotopic (exact) mass is 1200 g/mol. The number of amides is 3. The van der Waals surface area contributed by atoms with Crippen molar-refractivity contribution in [2.45, 2.75) is 217 Å². The first kappa shape index (κ1) is 67.8. The van der Waals surface area contributed by atoms with Crippen molar-refractivity contribution >= 4 is 23.7 Å². The zero-order valence-electron chi connectivity index (χ0n) is 43.9. The summed E-state index contributed by atoms with van der Waals surface area (Å²) in [6.07, 6.45) is -54.6. The number of nitrogens with one attached hydrogen (secondary N) is 3. The fourth-order valence-corrected chi connectivity index (χ4v) is 10.3. The highest BCUT2D eigenvalue weighted by Crippen LogP contribution is 2.39. The average Bonchev–Trinajstić information content (AvgIpc) is 3.50. The van der Waals surface area contributed by atoms with Crippen LogP contribution in [0.3, 0.4) is 0 Å². The topological polar surface area (TPSA) is 590 Å². The van der Waals surface area contributed by atoms with Crippen molar-refractivity contribution in [3.05, 3.63) is 0 Å². The zero-order valence-corrected chi connectivity index (χ0v) is 43.9. The van der Waals surface area contributed by atoms with Crippen LogP contribution in [0, 0.1) is 0 Å². The predicted molar refractivity (Wildman–Crippen MR) is 251 cm³/mol. The molecule has 0 spiro atoms. The van der Waals surface area contributed by atoms with Crippen LogP contribution in [0.1, 0.15) is 27.2 Å². The Labute approximate surface area is 463 Å². The Morgan fingerprint density at radius 2 is 0.951 bits per heavy atom. The molecule has 6 aliphatic heterocycles. The highest BCUT2D eigenvalue weighted by Gasteiger charge is 2.61. The lowest BCUT2D eigenvalue weighted by atomic mass is 9.88. The molecule has 0 unspecified atom stereocenters. The average molecular weight is 1200 g/mol. The smallest absolute Gasteiger partial charge is 0.364 e. The van der Waals surface area contributed by atoms with Crippen LogP contribution in [0.25, 0.3) is 0 Å². The third-order valence-electron chi connectivity index (χ3n) is 14.6. The molecule has 37 heteroatoms. The second-order valence-electron chi connectivity index (χ2n) is 20.4. The quantitative estimate of drug-likeness (QED) is 0.0479. The van der Waals surface area contributed by atoms with Gasteiger partial charge in [-0.1, -0.05) is 0 Å². The predicted octanol–water partition coefficient (Wildman–Crippen LogP) is -14.5. The molecule has 82 heavy (non-hydrogen) atoms. The van der Waals surface area contributed by atoms with Gasteiger partial charge in [-0.3, -0.25) is 14.4 Å². The minimum Gasteiger partial charge on any atom is -0.477 e. The lowest BCUT2D eigenvalue weighted by Gasteiger charge is -2.51. The molecule has 0 aromatic carbocycles. The van der Waals surface area contributed by atoms with Gasteiger partial charge in [0.15, 0.2) is 31.5 Å². The van der Waals surface area contributed by atoms with Crippen LogP contribution in [0.5, 0.6) is 0 Å². The number of carboxylic acids is 1. The molecule has 37 nitrogen and oxygen atoms in total. The molecule has 6 saturated heterocycles. The van der Waals surface area contributed by atoms with Gasteiger partial charge < -0.3 is 165 Å². The van der Waals surface area contributed by atoms with E-state index in [0.29, 0.717) is 0 Å². The Bertz CT molecular complexity index is 2090. The van der Waals surface area contributed by atoms with Crippen molar-refractivity contribution in [2.24, 2.45) is 0 Å². The van der Waals surface area contributed by atoms with Crippen molar-refractivity contribution in [2.75, 3.05) is 39.6 Å². The molecule has 0 aromatic heterocycles. The number of aliphatic carboxylic acids is 1. The molecule has 6 fully saturated rings. The summed E-state index contributed by atoms with van der Waals surface area (Å²) in [6, 6.07) is -5.12. The molecule has 0 aliphatic carbocycles. The maximum absolute atomic E-state index is 13.0. The van der Waals surface area contributed by atoms with E-state index in [1.165, 1.54) is 0 Å². The molecule has 0 aromatic rings. The van der Waals surface area contributed by atoms with Crippen LogP contribution >= 0.6 is 0 Å². The Balaban J connectivity index is 1.15. The van der Waals surface area contributed by atoms with Crippen molar-refractivity contribution in [1.82, 2.24) is 16.0 Å². The fourth-order valence-electron chi connectivity index (χ4n) is 10.3. The van der Waals surface area contributed by atoms with Crippen molar-refractivity contribution < 1.29 is 168 Å². The summed E-state index contributed by atoms with van der Waals surface area (Å²) in [7, 11) is 0. The van der Waals surface area contributed by atoms with Gasteiger partial charge in [0.1, 0.15) is 140 Å². The second kappa shape index (κ2) is 28.9. The molecule has 3 amide bonds. The minimum absolute atomic E-state index is 0.781. The summed E-state index contributed by atoms with van der Waals surface area (Å²) >= 11 is 0. The largest absolute Gasteiger partial charge is 0.477 e. The lowest BCUT2D eigenvalue weighted by Crippen LogP contribution is -2.71. The molecule has 0 radical (unpaired) electrons. The maximum Gasteiger partial charge on any atom is 0.364 e. The van der Waals surface area contributed by atoms with Crippen molar-refractivity contribution in [3.8, 4) is 0 Å². The van der Waals surface area contributed by atoms with Gasteiger partial charge >= 0.3 is 5.97 Å². The van der Waals surface area contributed by atoms with Crippen LogP contribution in [-0.4, -0.2) is 350 Å². The van der Waals surface area contributed by atoms with E-state index >= 15 is 0 Å². The van der Waals surface area contributed by atoms with E-state index < -0.39 is 259 Å². The number of aliphatic hydroxyl groups is 18. The van der Waals surface area contributed by atoms with Crippen LogP contribution < -0.4 is 16.0 Å². The third kappa shape index (κ3) is 14.7. The first-order chi connectivity index (χ1) is 38.6. The Morgan fingerprint density at radius 1 is 0.500 bits per heavy atom. The van der Waals surface area contributed by atoms with E-state index in [-0.39, 0.29) is 0 Å². The van der Waals surface area contributed by atoms with Gasteiger partial charge in [0.25, 0.3) is 5.79 Å². The van der Waals surface area contributed by atoms with Crippen molar-refractivity contribution in [3.63, 3.8) is 0 Å². The lowest BCUT2D eigenvalue weighted by molar-refractivity contribution is -0.388. The van der Waals surface area contributed by atoms with E-state index in [0.717, 1.165) is 20.8 Å². The number of aliphatic hydroxyl groups excluding tert-OH is 18. The van der Waals surface area contributed by atoms with Crippen LogP contribution in [-0.2, 0) is 71.3 Å². The number of hydrogen-bond donors (Lipinski definition) is 22. The molecule has 31 atom stereocenters. The molecule has 6 heterocycles. The molecule has 0 bridgehead atoms. The number of carboxylic acid groups (broad SMARTS) is 1. The Kier molecular flexibility index (Phi) is 23.9. The van der Waals surface area contributed by atoms with Gasteiger partial charge in [-0.2, -0.15) is 0 Å². The SMILES string of the molecule is CC(=O)N[C@H]1[C@H](OC[C@H]2O[C@@H](O)[C@@H](O[C@@H]3O[C@H](CO)[C@@H](O[C@@H]4O[C@H](CO)[C@H](O)[C@H](O[C@]5(C(=O)O)C[C@H](O)[C@@H](NC(C)=O)[C@H]([C@H](O)[C@H](O)CO)O5)[C@H]4O)[C@H](O)[C@H]3NC(C)=O)[C@@H](O)[C@@H]2O)O[C@H](CO)[C@@H](O[C@@H]2O[C@H](CO)[C@H](O)[C@H](O)[C@H]2O)[C@@H]1O. The van der Waals surface area contributed by atoms with Gasteiger partial charge in [-0.05, 0) is 0 Å². The summed E-state index contributed by atoms with van der Waals surface area (Å²) in [5.41, 5.74) is 0. The number of ether oxygens (including phenoxy) is 11. The Morgan fingerprint density at radius 3 is 1.45 bits per heavy atom. The number of hydrogen-bond acceptors (Lipinski definition) is 33. The zero-order chi connectivity index (χ0) is 61.0. The Hall–Kier alpha value is -3.28. The second-order valence-corrected chi connectivity index (χ2v) is 20.4. The third-order valence-corrected chi connectivity index (χ3v) is 14.6. The van der Waals surface area contributed by atoms with E-state index in [1.54, 1.807) is 0 Å². The highest BCUT2D eigenvalue weighted by atomic mass is 16.8. The molecular weight excluding hydrogens is 1130 g/mol. The molecule has 22 N–H and O–H groups in total. The maximum atomic E-state index is 13.0. The normalized spacial score (nSPS) is 46.3. The fraction of sp³-hybridized carbons (Fsp3) is 0.911. The highest BCUT2D eigenvalue weighted by molar-refractivity contribution is 5.77.